The maximum atomic E-state index is 12.3. The molecule has 6 heteroatoms. The molecule has 6 nitrogen and oxygen atoms in total. The Morgan fingerprint density at radius 1 is 1.39 bits per heavy atom. The molecular weight excluding hydrogens is 230 g/mol. The summed E-state index contributed by atoms with van der Waals surface area (Å²) >= 11 is 0. The molecule has 2 N–H and O–H groups in total. The number of aromatic nitrogens is 2. The van der Waals surface area contributed by atoms with Gasteiger partial charge >= 0.3 is 0 Å². The summed E-state index contributed by atoms with van der Waals surface area (Å²) in [6, 6.07) is 0. The zero-order valence-corrected chi connectivity index (χ0v) is 10.9. The van der Waals surface area contributed by atoms with Crippen molar-refractivity contribution in [3.05, 3.63) is 18.0 Å². The average molecular weight is 251 g/mol. The van der Waals surface area contributed by atoms with E-state index in [-0.39, 0.29) is 5.91 Å². The summed E-state index contributed by atoms with van der Waals surface area (Å²) < 4.78 is 1.66. The normalized spacial score (nSPS) is 17.8. The van der Waals surface area contributed by atoms with E-state index >= 15 is 0 Å². The second-order valence-electron chi connectivity index (χ2n) is 4.68. The van der Waals surface area contributed by atoms with E-state index in [0.717, 1.165) is 39.1 Å². The molecule has 1 saturated heterocycles. The summed E-state index contributed by atoms with van der Waals surface area (Å²) in [5.74, 6) is 0.0812. The fraction of sp³-hybridized carbons (Fsp3) is 0.667. The Bertz CT molecular complexity index is 403. The van der Waals surface area contributed by atoms with Crippen LogP contribution in [0.15, 0.2) is 12.4 Å². The molecule has 0 aromatic carbocycles. The van der Waals surface area contributed by atoms with Crippen LogP contribution in [0.5, 0.6) is 0 Å². The molecular formula is C12H21N5O. The van der Waals surface area contributed by atoms with Crippen molar-refractivity contribution in [2.45, 2.75) is 6.42 Å². The van der Waals surface area contributed by atoms with Crippen LogP contribution in [0, 0.1) is 0 Å². The van der Waals surface area contributed by atoms with Crippen molar-refractivity contribution in [3.8, 4) is 0 Å². The van der Waals surface area contributed by atoms with Gasteiger partial charge in [0.2, 0.25) is 0 Å². The monoisotopic (exact) mass is 251 g/mol. The first-order valence-corrected chi connectivity index (χ1v) is 6.41. The minimum atomic E-state index is 0.0812. The van der Waals surface area contributed by atoms with E-state index in [0.29, 0.717) is 12.1 Å². The van der Waals surface area contributed by atoms with Gasteiger partial charge in [-0.3, -0.25) is 9.48 Å². The molecule has 1 aromatic heterocycles. The van der Waals surface area contributed by atoms with Gasteiger partial charge in [-0.2, -0.15) is 5.10 Å². The summed E-state index contributed by atoms with van der Waals surface area (Å²) in [5.41, 5.74) is 6.24. The third-order valence-electron chi connectivity index (χ3n) is 3.27. The molecule has 2 heterocycles. The summed E-state index contributed by atoms with van der Waals surface area (Å²) in [6.45, 7) is 5.10. The highest BCUT2D eigenvalue weighted by Gasteiger charge is 2.20. The number of aryl methyl sites for hydroxylation is 1. The number of hydrogen-bond donors (Lipinski definition) is 1. The van der Waals surface area contributed by atoms with Crippen LogP contribution in [-0.2, 0) is 7.05 Å². The van der Waals surface area contributed by atoms with Crippen molar-refractivity contribution in [1.82, 2.24) is 19.6 Å². The zero-order valence-electron chi connectivity index (χ0n) is 10.9. The Morgan fingerprint density at radius 2 is 2.22 bits per heavy atom. The molecule has 0 atom stereocenters. The quantitative estimate of drug-likeness (QED) is 0.788. The topological polar surface area (TPSA) is 67.4 Å². The summed E-state index contributed by atoms with van der Waals surface area (Å²) in [7, 11) is 1.82. The van der Waals surface area contributed by atoms with Crippen LogP contribution in [0.1, 0.15) is 16.8 Å². The minimum absolute atomic E-state index is 0.0812. The van der Waals surface area contributed by atoms with Gasteiger partial charge in [-0.1, -0.05) is 0 Å². The first-order chi connectivity index (χ1) is 8.70. The molecule has 0 bridgehead atoms. The van der Waals surface area contributed by atoms with Crippen LogP contribution in [0.4, 0.5) is 0 Å². The number of amides is 1. The van der Waals surface area contributed by atoms with Crippen LogP contribution in [0.25, 0.3) is 0 Å². The maximum Gasteiger partial charge on any atom is 0.257 e. The van der Waals surface area contributed by atoms with E-state index in [9.17, 15) is 4.79 Å². The Balaban J connectivity index is 1.95. The molecule has 1 fully saturated rings. The first kappa shape index (κ1) is 13.0. The van der Waals surface area contributed by atoms with Crippen LogP contribution in [0.3, 0.4) is 0 Å². The van der Waals surface area contributed by atoms with E-state index in [1.807, 2.05) is 11.9 Å². The molecule has 0 saturated carbocycles. The molecule has 100 valence electrons. The lowest BCUT2D eigenvalue weighted by molar-refractivity contribution is 0.0761. The van der Waals surface area contributed by atoms with E-state index in [4.69, 9.17) is 5.73 Å². The summed E-state index contributed by atoms with van der Waals surface area (Å²) in [6.07, 6.45) is 4.40. The van der Waals surface area contributed by atoms with Crippen molar-refractivity contribution in [2.75, 3.05) is 39.3 Å². The van der Waals surface area contributed by atoms with Crippen molar-refractivity contribution in [1.29, 1.82) is 0 Å². The Hall–Kier alpha value is -1.40. The third kappa shape index (κ3) is 3.08. The molecule has 0 unspecified atom stereocenters. The number of nitrogens with two attached hydrogens (primary N) is 1. The molecule has 2 rings (SSSR count). The van der Waals surface area contributed by atoms with Gasteiger partial charge in [0.25, 0.3) is 5.91 Å². The lowest BCUT2D eigenvalue weighted by Gasteiger charge is -2.21. The highest BCUT2D eigenvalue weighted by atomic mass is 16.2. The average Bonchev–Trinajstić information content (AvgIpc) is 2.65. The molecule has 1 aliphatic rings. The van der Waals surface area contributed by atoms with Gasteiger partial charge in [0, 0.05) is 46.0 Å². The molecule has 1 aromatic rings. The lowest BCUT2D eigenvalue weighted by Crippen LogP contribution is -2.36. The molecule has 18 heavy (non-hydrogen) atoms. The van der Waals surface area contributed by atoms with Crippen LogP contribution >= 0.6 is 0 Å². The number of carbonyl (C=O) groups excluding carboxylic acids is 1. The second kappa shape index (κ2) is 5.97. The van der Waals surface area contributed by atoms with E-state index in [2.05, 4.69) is 10.00 Å². The van der Waals surface area contributed by atoms with Gasteiger partial charge in [0.1, 0.15) is 0 Å². The predicted molar refractivity (Wildman–Crippen MR) is 69.2 cm³/mol. The Morgan fingerprint density at radius 3 is 2.89 bits per heavy atom. The molecule has 1 aliphatic heterocycles. The third-order valence-corrected chi connectivity index (χ3v) is 3.27. The highest BCUT2D eigenvalue weighted by Crippen LogP contribution is 2.08. The maximum absolute atomic E-state index is 12.3. The summed E-state index contributed by atoms with van der Waals surface area (Å²) in [5, 5.41) is 4.04. The molecule has 0 aliphatic carbocycles. The molecule has 0 radical (unpaired) electrons. The summed E-state index contributed by atoms with van der Waals surface area (Å²) in [4.78, 5) is 16.5. The Labute approximate surface area is 107 Å². The van der Waals surface area contributed by atoms with Gasteiger partial charge in [0.05, 0.1) is 11.8 Å². The Kier molecular flexibility index (Phi) is 4.33. The van der Waals surface area contributed by atoms with Crippen molar-refractivity contribution in [2.24, 2.45) is 12.8 Å². The van der Waals surface area contributed by atoms with Gasteiger partial charge in [-0.25, -0.2) is 0 Å². The van der Waals surface area contributed by atoms with E-state index in [1.54, 1.807) is 17.1 Å². The van der Waals surface area contributed by atoms with Crippen molar-refractivity contribution in [3.63, 3.8) is 0 Å². The number of hydrogen-bond acceptors (Lipinski definition) is 4. The SMILES string of the molecule is Cn1cc(C(=O)N2CCCN(CCN)CC2)cn1. The minimum Gasteiger partial charge on any atom is -0.337 e. The predicted octanol–water partition coefficient (Wildman–Crippen LogP) is -0.473. The molecule has 0 spiro atoms. The van der Waals surface area contributed by atoms with Gasteiger partial charge in [-0.05, 0) is 13.0 Å². The van der Waals surface area contributed by atoms with Gasteiger partial charge < -0.3 is 15.5 Å². The van der Waals surface area contributed by atoms with Crippen LogP contribution in [0.2, 0.25) is 0 Å². The van der Waals surface area contributed by atoms with Crippen molar-refractivity contribution < 1.29 is 4.79 Å². The fourth-order valence-corrected chi connectivity index (χ4v) is 2.29. The highest BCUT2D eigenvalue weighted by molar-refractivity contribution is 5.93. The number of carbonyl (C=O) groups is 1. The standard InChI is InChI=1S/C12H21N5O/c1-15-10-11(9-14-15)12(18)17-5-2-4-16(6-3-13)7-8-17/h9-10H,2-8,13H2,1H3. The van der Waals surface area contributed by atoms with Gasteiger partial charge in [0.15, 0.2) is 0 Å². The lowest BCUT2D eigenvalue weighted by atomic mass is 10.3. The smallest absolute Gasteiger partial charge is 0.257 e. The van der Waals surface area contributed by atoms with E-state index < -0.39 is 0 Å². The van der Waals surface area contributed by atoms with Crippen LogP contribution in [-0.4, -0.2) is 64.8 Å². The molecule has 1 amide bonds. The fourth-order valence-electron chi connectivity index (χ4n) is 2.29. The zero-order chi connectivity index (χ0) is 13.0. The number of nitrogens with zero attached hydrogens (tertiary/aromatic N) is 4. The number of rotatable bonds is 3. The van der Waals surface area contributed by atoms with Gasteiger partial charge in [-0.15, -0.1) is 0 Å². The first-order valence-electron chi connectivity index (χ1n) is 6.41. The van der Waals surface area contributed by atoms with E-state index in [1.165, 1.54) is 0 Å². The van der Waals surface area contributed by atoms with Crippen LogP contribution < -0.4 is 5.73 Å². The largest absolute Gasteiger partial charge is 0.337 e. The second-order valence-corrected chi connectivity index (χ2v) is 4.68. The van der Waals surface area contributed by atoms with Crippen molar-refractivity contribution >= 4 is 5.91 Å².